The number of aromatic amines is 1. The molecule has 4 N–H and O–H groups in total. The number of halogens is 1. The van der Waals surface area contributed by atoms with E-state index in [2.05, 4.69) is 20.3 Å². The number of nitrogen functional groups attached to an aromatic ring is 1. The van der Waals surface area contributed by atoms with Crippen LogP contribution in [-0.4, -0.2) is 40.8 Å². The summed E-state index contributed by atoms with van der Waals surface area (Å²) in [5.74, 6) is 0.480. The number of sulfonamides is 1. The van der Waals surface area contributed by atoms with E-state index >= 15 is 0 Å². The molecule has 4 aromatic rings. The first-order valence-corrected chi connectivity index (χ1v) is 13.9. The van der Waals surface area contributed by atoms with Crippen LogP contribution in [0.3, 0.4) is 0 Å². The molecule has 192 valence electrons. The van der Waals surface area contributed by atoms with Gasteiger partial charge in [0.15, 0.2) is 0 Å². The molecule has 5 rings (SSSR count). The van der Waals surface area contributed by atoms with Crippen LogP contribution in [0.15, 0.2) is 64.4 Å². The minimum atomic E-state index is -3.61. The van der Waals surface area contributed by atoms with Gasteiger partial charge in [-0.05, 0) is 55.0 Å². The predicted molar refractivity (Wildman–Crippen MR) is 146 cm³/mol. The molecule has 37 heavy (non-hydrogen) atoms. The molecular formula is C26H27ClN6O3S. The van der Waals surface area contributed by atoms with Crippen molar-refractivity contribution in [3.05, 3.63) is 75.8 Å². The number of nitrogens with two attached hydrogens (primary N) is 1. The van der Waals surface area contributed by atoms with Gasteiger partial charge in [0, 0.05) is 30.5 Å². The minimum Gasteiger partial charge on any atom is -0.368 e. The summed E-state index contributed by atoms with van der Waals surface area (Å²) in [4.78, 5) is 24.3. The molecule has 11 heteroatoms. The quantitative estimate of drug-likeness (QED) is 0.327. The topological polar surface area (TPSA) is 134 Å². The Hall–Kier alpha value is -3.47. The third kappa shape index (κ3) is 5.04. The van der Waals surface area contributed by atoms with Gasteiger partial charge in [0.1, 0.15) is 5.82 Å². The van der Waals surface area contributed by atoms with Gasteiger partial charge in [-0.2, -0.15) is 9.29 Å². The van der Waals surface area contributed by atoms with Crippen molar-refractivity contribution in [2.45, 2.75) is 37.1 Å². The molecule has 1 saturated heterocycles. The Labute approximate surface area is 219 Å². The maximum Gasteiger partial charge on any atom is 0.257 e. The molecule has 0 radical (unpaired) electrons. The number of nitrogens with zero attached hydrogens (tertiary/aromatic N) is 3. The number of anilines is 2. The van der Waals surface area contributed by atoms with E-state index in [1.807, 2.05) is 19.1 Å². The van der Waals surface area contributed by atoms with E-state index in [1.54, 1.807) is 46.9 Å². The molecule has 1 fully saturated rings. The lowest BCUT2D eigenvalue weighted by Gasteiger charge is -2.26. The SMILES string of the molecule is C[C@H](Nc1nc(N)ncc1-c1cccc(S(=O)(=O)N2CCCCC2)c1)c1cc2cccc(Cl)c2c(=O)[nH]1. The van der Waals surface area contributed by atoms with E-state index < -0.39 is 10.0 Å². The zero-order valence-corrected chi connectivity index (χ0v) is 21.8. The highest BCUT2D eigenvalue weighted by molar-refractivity contribution is 7.89. The van der Waals surface area contributed by atoms with Crippen LogP contribution in [0.1, 0.15) is 37.9 Å². The molecule has 0 spiro atoms. The molecule has 9 nitrogen and oxygen atoms in total. The van der Waals surface area contributed by atoms with Crippen molar-refractivity contribution in [2.75, 3.05) is 24.1 Å². The summed E-state index contributed by atoms with van der Waals surface area (Å²) in [5, 5.41) is 4.84. The molecule has 0 aliphatic carbocycles. The van der Waals surface area contributed by atoms with E-state index in [0.717, 1.165) is 24.6 Å². The van der Waals surface area contributed by atoms with Gasteiger partial charge in [0.05, 0.1) is 21.3 Å². The van der Waals surface area contributed by atoms with Crippen molar-refractivity contribution >= 4 is 44.2 Å². The fourth-order valence-electron chi connectivity index (χ4n) is 4.61. The Morgan fingerprint density at radius 2 is 1.86 bits per heavy atom. The molecule has 0 amide bonds. The number of benzene rings is 2. The molecule has 0 unspecified atom stereocenters. The molecule has 3 heterocycles. The summed E-state index contributed by atoms with van der Waals surface area (Å²) < 4.78 is 28.0. The summed E-state index contributed by atoms with van der Waals surface area (Å²) in [6, 6.07) is 13.5. The van der Waals surface area contributed by atoms with Crippen LogP contribution in [0, 0.1) is 0 Å². The van der Waals surface area contributed by atoms with Gasteiger partial charge in [-0.15, -0.1) is 0 Å². The van der Waals surface area contributed by atoms with Crippen molar-refractivity contribution in [2.24, 2.45) is 0 Å². The number of fused-ring (bicyclic) bond motifs is 1. The normalized spacial score (nSPS) is 15.5. The Morgan fingerprint density at radius 1 is 1.11 bits per heavy atom. The zero-order chi connectivity index (χ0) is 26.2. The largest absolute Gasteiger partial charge is 0.368 e. The number of hydrogen-bond acceptors (Lipinski definition) is 7. The Bertz CT molecular complexity index is 1630. The van der Waals surface area contributed by atoms with E-state index in [9.17, 15) is 13.2 Å². The highest BCUT2D eigenvalue weighted by atomic mass is 35.5. The smallest absolute Gasteiger partial charge is 0.257 e. The summed E-state index contributed by atoms with van der Waals surface area (Å²) >= 11 is 6.21. The summed E-state index contributed by atoms with van der Waals surface area (Å²) in [7, 11) is -3.61. The van der Waals surface area contributed by atoms with Gasteiger partial charge in [-0.1, -0.05) is 42.3 Å². The van der Waals surface area contributed by atoms with Gasteiger partial charge in [-0.25, -0.2) is 13.4 Å². The minimum absolute atomic E-state index is 0.0642. The molecular weight excluding hydrogens is 512 g/mol. The maximum atomic E-state index is 13.3. The third-order valence-electron chi connectivity index (χ3n) is 6.57. The van der Waals surface area contributed by atoms with Crippen LogP contribution in [0.4, 0.5) is 11.8 Å². The molecule has 0 saturated carbocycles. The highest BCUT2D eigenvalue weighted by Crippen LogP contribution is 2.32. The summed E-state index contributed by atoms with van der Waals surface area (Å²) in [6.45, 7) is 2.93. The number of piperidine rings is 1. The van der Waals surface area contributed by atoms with Crippen molar-refractivity contribution in [1.82, 2.24) is 19.3 Å². The zero-order valence-electron chi connectivity index (χ0n) is 20.2. The van der Waals surface area contributed by atoms with Gasteiger partial charge in [0.25, 0.3) is 5.56 Å². The standard InChI is InChI=1S/C26H27ClN6O3S/c1-16(22-14-18-8-6-10-21(27)23(18)25(34)31-22)30-24-20(15-29-26(28)32-24)17-7-5-9-19(13-17)37(35,36)33-11-3-2-4-12-33/h5-10,13-16H,2-4,11-12H2,1H3,(H,31,34)(H3,28,29,30,32)/t16-/m0/s1. The second-order valence-electron chi connectivity index (χ2n) is 9.11. The summed E-state index contributed by atoms with van der Waals surface area (Å²) in [6.07, 6.45) is 4.32. The van der Waals surface area contributed by atoms with Crippen molar-refractivity contribution in [1.29, 1.82) is 0 Å². The molecule has 1 aliphatic rings. The number of aromatic nitrogens is 3. The van der Waals surface area contributed by atoms with Gasteiger partial charge in [-0.3, -0.25) is 4.79 Å². The highest BCUT2D eigenvalue weighted by Gasteiger charge is 2.26. The van der Waals surface area contributed by atoms with E-state index in [1.165, 1.54) is 0 Å². The monoisotopic (exact) mass is 538 g/mol. The van der Waals surface area contributed by atoms with Crippen LogP contribution >= 0.6 is 11.6 Å². The molecule has 1 atom stereocenters. The lowest BCUT2D eigenvalue weighted by atomic mass is 10.1. The Balaban J connectivity index is 1.49. The number of hydrogen-bond donors (Lipinski definition) is 3. The third-order valence-corrected chi connectivity index (χ3v) is 8.78. The van der Waals surface area contributed by atoms with Crippen molar-refractivity contribution < 1.29 is 8.42 Å². The molecule has 2 aromatic carbocycles. The second-order valence-corrected chi connectivity index (χ2v) is 11.5. The number of pyridine rings is 1. The average molecular weight is 539 g/mol. The van der Waals surface area contributed by atoms with E-state index in [0.29, 0.717) is 46.1 Å². The fraction of sp³-hybridized carbons (Fsp3) is 0.269. The number of rotatable bonds is 6. The number of nitrogens with one attached hydrogen (secondary N) is 2. The fourth-order valence-corrected chi connectivity index (χ4v) is 6.44. The van der Waals surface area contributed by atoms with Gasteiger partial charge >= 0.3 is 0 Å². The molecule has 2 aromatic heterocycles. The van der Waals surface area contributed by atoms with Crippen LogP contribution in [0.25, 0.3) is 21.9 Å². The van der Waals surface area contributed by atoms with Crippen LogP contribution in [0.5, 0.6) is 0 Å². The van der Waals surface area contributed by atoms with Gasteiger partial charge in [0.2, 0.25) is 16.0 Å². The predicted octanol–water partition coefficient (Wildman–Crippen LogP) is 4.57. The van der Waals surface area contributed by atoms with Crippen LogP contribution in [-0.2, 0) is 10.0 Å². The molecule has 1 aliphatic heterocycles. The number of H-pyrrole nitrogens is 1. The first-order chi connectivity index (χ1) is 17.7. The lowest BCUT2D eigenvalue weighted by molar-refractivity contribution is 0.346. The Kier molecular flexibility index (Phi) is 6.89. The Morgan fingerprint density at radius 3 is 2.65 bits per heavy atom. The average Bonchev–Trinajstić information content (AvgIpc) is 2.89. The van der Waals surface area contributed by atoms with Crippen molar-refractivity contribution in [3.63, 3.8) is 0 Å². The van der Waals surface area contributed by atoms with E-state index in [-0.39, 0.29) is 22.4 Å². The maximum absolute atomic E-state index is 13.3. The summed E-state index contributed by atoms with van der Waals surface area (Å²) in [5.41, 5.74) is 7.45. The first-order valence-electron chi connectivity index (χ1n) is 12.0. The molecule has 0 bridgehead atoms. The van der Waals surface area contributed by atoms with Crippen LogP contribution < -0.4 is 16.6 Å². The second kappa shape index (κ2) is 10.1. The van der Waals surface area contributed by atoms with E-state index in [4.69, 9.17) is 17.3 Å². The van der Waals surface area contributed by atoms with Gasteiger partial charge < -0.3 is 16.0 Å². The van der Waals surface area contributed by atoms with Crippen molar-refractivity contribution in [3.8, 4) is 11.1 Å². The first kappa shape index (κ1) is 25.2. The lowest BCUT2D eigenvalue weighted by Crippen LogP contribution is -2.35. The van der Waals surface area contributed by atoms with Crippen LogP contribution in [0.2, 0.25) is 5.02 Å².